The largest absolute Gasteiger partial charge is 0.396 e. The van der Waals surface area contributed by atoms with Crippen LogP contribution in [0.1, 0.15) is 32.1 Å². The maximum atomic E-state index is 8.97. The Hall–Kier alpha value is 0.700. The van der Waals surface area contributed by atoms with E-state index in [-0.39, 0.29) is 42.3 Å². The van der Waals surface area contributed by atoms with Gasteiger partial charge in [-0.1, -0.05) is 0 Å². The summed E-state index contributed by atoms with van der Waals surface area (Å²) in [6.07, 6.45) is 11.8. The third kappa shape index (κ3) is 14.0. The average Bonchev–Trinajstić information content (AvgIpc) is 2.51. The summed E-state index contributed by atoms with van der Waals surface area (Å²) in [5, 5.41) is 35.9. The van der Waals surface area contributed by atoms with Gasteiger partial charge in [-0.05, 0) is 69.1 Å². The Morgan fingerprint density at radius 3 is 0.857 bits per heavy atom. The molecule has 0 saturated carbocycles. The molecule has 0 bridgehead atoms. The van der Waals surface area contributed by atoms with E-state index in [0.29, 0.717) is 0 Å². The third-order valence-corrected chi connectivity index (χ3v) is 9.17. The van der Waals surface area contributed by atoms with Crippen LogP contribution in [0, 0.1) is 0 Å². The lowest BCUT2D eigenvalue weighted by Crippen LogP contribution is -2.03. The van der Waals surface area contributed by atoms with Gasteiger partial charge < -0.3 is 20.4 Å². The lowest BCUT2D eigenvalue weighted by atomic mass is 10.5. The Morgan fingerprint density at radius 1 is 0.381 bits per heavy atom. The highest BCUT2D eigenvalue weighted by atomic mass is 31.1. The standard InChI is InChI=1S/C15H34O4P2/c16-6-1-10-20(11-2-7-17)14-5-15-21(12-3-8-18)13-4-9-19/h16-19H,1-15H2. The molecule has 0 aliphatic carbocycles. The van der Waals surface area contributed by atoms with Crippen molar-refractivity contribution >= 4 is 15.8 Å². The van der Waals surface area contributed by atoms with Crippen LogP contribution in [-0.2, 0) is 0 Å². The van der Waals surface area contributed by atoms with E-state index in [4.69, 9.17) is 20.4 Å². The number of rotatable bonds is 16. The maximum absolute atomic E-state index is 8.97. The smallest absolute Gasteiger partial charge is 0.0434 e. The van der Waals surface area contributed by atoms with Crippen molar-refractivity contribution in [2.24, 2.45) is 0 Å². The van der Waals surface area contributed by atoms with Gasteiger partial charge >= 0.3 is 0 Å². The first-order chi connectivity index (χ1) is 10.3. The van der Waals surface area contributed by atoms with Crippen molar-refractivity contribution in [3.05, 3.63) is 0 Å². The number of aliphatic hydroxyl groups excluding tert-OH is 4. The van der Waals surface area contributed by atoms with E-state index in [1.807, 2.05) is 0 Å². The van der Waals surface area contributed by atoms with Crippen LogP contribution in [-0.4, -0.2) is 83.8 Å². The van der Waals surface area contributed by atoms with E-state index in [1.165, 1.54) is 18.7 Å². The lowest BCUT2D eigenvalue weighted by Gasteiger charge is -2.20. The minimum Gasteiger partial charge on any atom is -0.396 e. The van der Waals surface area contributed by atoms with Crippen molar-refractivity contribution in [1.82, 2.24) is 0 Å². The van der Waals surface area contributed by atoms with Crippen molar-refractivity contribution in [3.8, 4) is 0 Å². The Bertz CT molecular complexity index is 172. The minimum atomic E-state index is -0.0373. The van der Waals surface area contributed by atoms with Crippen molar-refractivity contribution in [3.63, 3.8) is 0 Å². The molecule has 6 heteroatoms. The van der Waals surface area contributed by atoms with Crippen molar-refractivity contribution in [2.75, 3.05) is 63.4 Å². The second-order valence-electron chi connectivity index (χ2n) is 5.35. The van der Waals surface area contributed by atoms with E-state index in [1.54, 1.807) is 0 Å². The summed E-state index contributed by atoms with van der Waals surface area (Å²) < 4.78 is 0. The molecule has 0 atom stereocenters. The summed E-state index contributed by atoms with van der Waals surface area (Å²) in [7, 11) is -0.0745. The zero-order valence-electron chi connectivity index (χ0n) is 13.3. The Labute approximate surface area is 132 Å². The first-order valence-electron chi connectivity index (χ1n) is 8.16. The molecule has 0 heterocycles. The fourth-order valence-electron chi connectivity index (χ4n) is 2.37. The topological polar surface area (TPSA) is 80.9 Å². The highest BCUT2D eigenvalue weighted by molar-refractivity contribution is 7.58. The van der Waals surface area contributed by atoms with Gasteiger partial charge in [0, 0.05) is 26.4 Å². The van der Waals surface area contributed by atoms with E-state index < -0.39 is 0 Å². The fraction of sp³-hybridized carbons (Fsp3) is 1.00. The van der Waals surface area contributed by atoms with E-state index in [2.05, 4.69) is 0 Å². The molecule has 4 nitrogen and oxygen atoms in total. The van der Waals surface area contributed by atoms with Gasteiger partial charge in [0.1, 0.15) is 0 Å². The van der Waals surface area contributed by atoms with Gasteiger partial charge in [0.2, 0.25) is 0 Å². The van der Waals surface area contributed by atoms with Gasteiger partial charge in [0.25, 0.3) is 0 Å². The fourth-order valence-corrected chi connectivity index (χ4v) is 7.52. The van der Waals surface area contributed by atoms with Crippen molar-refractivity contribution in [2.45, 2.75) is 32.1 Å². The van der Waals surface area contributed by atoms with Crippen molar-refractivity contribution < 1.29 is 20.4 Å². The molecular weight excluding hydrogens is 306 g/mol. The zero-order valence-corrected chi connectivity index (χ0v) is 15.1. The maximum Gasteiger partial charge on any atom is 0.0434 e. The molecule has 0 amide bonds. The summed E-state index contributed by atoms with van der Waals surface area (Å²) in [6.45, 7) is 1.10. The van der Waals surface area contributed by atoms with Crippen molar-refractivity contribution in [1.29, 1.82) is 0 Å². The van der Waals surface area contributed by atoms with Gasteiger partial charge in [-0.15, -0.1) is 15.8 Å². The minimum absolute atomic E-state index is 0.0373. The molecule has 0 aliphatic rings. The molecule has 0 unspecified atom stereocenters. The van der Waals surface area contributed by atoms with Gasteiger partial charge in [0.05, 0.1) is 0 Å². The van der Waals surface area contributed by atoms with E-state index >= 15 is 0 Å². The number of hydrogen-bond acceptors (Lipinski definition) is 4. The Kier molecular flexibility index (Phi) is 17.6. The number of hydrogen-bond donors (Lipinski definition) is 4. The quantitative estimate of drug-likeness (QED) is 0.323. The molecule has 0 aliphatic heterocycles. The average molecular weight is 340 g/mol. The Morgan fingerprint density at radius 2 is 0.619 bits per heavy atom. The highest BCUT2D eigenvalue weighted by Crippen LogP contribution is 2.42. The first kappa shape index (κ1) is 21.7. The summed E-state index contributed by atoms with van der Waals surface area (Å²) in [5.74, 6) is 0. The predicted molar refractivity (Wildman–Crippen MR) is 94.5 cm³/mol. The van der Waals surface area contributed by atoms with Crippen LogP contribution in [0.15, 0.2) is 0 Å². The Balaban J connectivity index is 3.96. The molecule has 128 valence electrons. The van der Waals surface area contributed by atoms with Crippen LogP contribution in [0.5, 0.6) is 0 Å². The highest BCUT2D eigenvalue weighted by Gasteiger charge is 2.11. The molecule has 0 aromatic heterocycles. The molecular formula is C15H34O4P2. The van der Waals surface area contributed by atoms with Crippen LogP contribution >= 0.6 is 15.8 Å². The summed E-state index contributed by atoms with van der Waals surface area (Å²) in [6, 6.07) is 0. The molecule has 0 radical (unpaired) electrons. The SMILES string of the molecule is OCCCP(CCCO)CCCP(CCCO)CCCO. The predicted octanol–water partition coefficient (Wildman–Crippen LogP) is 1.87. The zero-order chi connectivity index (χ0) is 15.8. The van der Waals surface area contributed by atoms with Gasteiger partial charge in [0.15, 0.2) is 0 Å². The normalized spacial score (nSPS) is 11.7. The van der Waals surface area contributed by atoms with Gasteiger partial charge in [-0.3, -0.25) is 0 Å². The lowest BCUT2D eigenvalue weighted by molar-refractivity contribution is 0.293. The second kappa shape index (κ2) is 17.1. The molecule has 0 aromatic carbocycles. The van der Waals surface area contributed by atoms with Crippen LogP contribution in [0.25, 0.3) is 0 Å². The molecule has 0 spiro atoms. The van der Waals surface area contributed by atoms with E-state index in [9.17, 15) is 0 Å². The van der Waals surface area contributed by atoms with Gasteiger partial charge in [-0.2, -0.15) is 0 Å². The van der Waals surface area contributed by atoms with Crippen LogP contribution in [0.4, 0.5) is 0 Å². The molecule has 0 fully saturated rings. The van der Waals surface area contributed by atoms with Crippen LogP contribution in [0.2, 0.25) is 0 Å². The first-order valence-corrected chi connectivity index (χ1v) is 12.0. The summed E-state index contributed by atoms with van der Waals surface area (Å²) in [4.78, 5) is 0. The summed E-state index contributed by atoms with van der Waals surface area (Å²) >= 11 is 0. The van der Waals surface area contributed by atoms with Gasteiger partial charge in [-0.25, -0.2) is 0 Å². The van der Waals surface area contributed by atoms with E-state index in [0.717, 1.165) is 50.3 Å². The molecule has 0 aromatic rings. The monoisotopic (exact) mass is 340 g/mol. The molecule has 4 N–H and O–H groups in total. The number of aliphatic hydroxyl groups is 4. The molecule has 21 heavy (non-hydrogen) atoms. The van der Waals surface area contributed by atoms with Crippen LogP contribution < -0.4 is 0 Å². The second-order valence-corrected chi connectivity index (χ2v) is 10.7. The van der Waals surface area contributed by atoms with Crippen LogP contribution in [0.3, 0.4) is 0 Å². The molecule has 0 saturated heterocycles. The summed E-state index contributed by atoms with van der Waals surface area (Å²) in [5.41, 5.74) is 0. The third-order valence-electron chi connectivity index (χ3n) is 3.48. The molecule has 0 rings (SSSR count).